The average molecular weight is 330 g/mol. The number of ether oxygens (including phenoxy) is 2. The summed E-state index contributed by atoms with van der Waals surface area (Å²) in [6.07, 6.45) is -0.587. The molecule has 0 aromatic heterocycles. The number of rotatable bonds is 1. The maximum Gasteiger partial charge on any atom is 0.311 e. The lowest BCUT2D eigenvalue weighted by Crippen LogP contribution is -2.46. The fourth-order valence-corrected chi connectivity index (χ4v) is 2.90. The minimum atomic E-state index is -0.550. The van der Waals surface area contributed by atoms with E-state index in [-0.39, 0.29) is 47.8 Å². The van der Waals surface area contributed by atoms with E-state index in [2.05, 4.69) is 0 Å². The predicted octanol–water partition coefficient (Wildman–Crippen LogP) is 1.52. The molecule has 2 fully saturated rings. The van der Waals surface area contributed by atoms with E-state index in [0.717, 1.165) is 6.42 Å². The van der Waals surface area contributed by atoms with Crippen molar-refractivity contribution in [3.05, 3.63) is 0 Å². The molecule has 0 saturated carbocycles. The lowest BCUT2D eigenvalue weighted by atomic mass is 9.85. The zero-order valence-electron chi connectivity index (χ0n) is 14.9. The van der Waals surface area contributed by atoms with Crippen LogP contribution in [-0.2, 0) is 19.1 Å². The van der Waals surface area contributed by atoms with Gasteiger partial charge in [-0.15, -0.1) is 0 Å². The van der Waals surface area contributed by atoms with Gasteiger partial charge in [0, 0.05) is 11.8 Å². The molecule has 2 heterocycles. The number of aliphatic hydroxyl groups excluding tert-OH is 2. The monoisotopic (exact) mass is 330 g/mol. The van der Waals surface area contributed by atoms with Crippen LogP contribution in [0.4, 0.5) is 0 Å². The standard InChI is InChI=1S/C9H16O3.C8H14O3/c1-4-7-5(2)8(10)6(3)9(11)12-7;1-4-6(3)11-8(10)5(2)7(4)9/h5-8,10H,4H2,1-3H3;4-7,9H,1-3H3/t5-,6+,7+,8-;4-,5+,6+,7-/m00/s1. The van der Waals surface area contributed by atoms with Crippen LogP contribution < -0.4 is 0 Å². The van der Waals surface area contributed by atoms with Crippen LogP contribution in [0.2, 0.25) is 0 Å². The minimum absolute atomic E-state index is 0.0442. The van der Waals surface area contributed by atoms with Gasteiger partial charge in [0.15, 0.2) is 0 Å². The molecular weight excluding hydrogens is 300 g/mol. The summed E-state index contributed by atoms with van der Waals surface area (Å²) in [5.41, 5.74) is 0. The molecule has 2 aliphatic rings. The summed E-state index contributed by atoms with van der Waals surface area (Å²) < 4.78 is 10.1. The first-order valence-corrected chi connectivity index (χ1v) is 8.38. The summed E-state index contributed by atoms with van der Waals surface area (Å²) in [6, 6.07) is 0. The number of carbonyl (C=O) groups is 2. The molecule has 0 amide bonds. The molecule has 134 valence electrons. The highest BCUT2D eigenvalue weighted by Gasteiger charge is 2.39. The second-order valence-corrected chi connectivity index (χ2v) is 6.80. The Morgan fingerprint density at radius 3 is 1.74 bits per heavy atom. The zero-order valence-corrected chi connectivity index (χ0v) is 14.9. The van der Waals surface area contributed by atoms with Gasteiger partial charge in [0.05, 0.1) is 24.0 Å². The number of hydrogen-bond acceptors (Lipinski definition) is 6. The molecule has 0 aromatic rings. The van der Waals surface area contributed by atoms with Crippen LogP contribution in [0, 0.1) is 23.7 Å². The van der Waals surface area contributed by atoms with Crippen LogP contribution in [0.25, 0.3) is 0 Å². The quantitative estimate of drug-likeness (QED) is 0.708. The fraction of sp³-hybridized carbons (Fsp3) is 0.882. The molecule has 0 bridgehead atoms. The van der Waals surface area contributed by atoms with Crippen molar-refractivity contribution in [3.63, 3.8) is 0 Å². The fourth-order valence-electron chi connectivity index (χ4n) is 2.90. The molecule has 0 spiro atoms. The molecule has 6 heteroatoms. The molecule has 2 rings (SSSR count). The normalized spacial score (nSPS) is 43.8. The van der Waals surface area contributed by atoms with E-state index in [1.165, 1.54) is 0 Å². The Kier molecular flexibility index (Phi) is 7.02. The predicted molar refractivity (Wildman–Crippen MR) is 84.4 cm³/mol. The molecule has 0 radical (unpaired) electrons. The van der Waals surface area contributed by atoms with Gasteiger partial charge in [-0.3, -0.25) is 9.59 Å². The molecule has 2 N–H and O–H groups in total. The summed E-state index contributed by atoms with van der Waals surface area (Å²) in [7, 11) is 0. The molecular formula is C17H30O6. The van der Waals surface area contributed by atoms with Gasteiger partial charge in [0.2, 0.25) is 0 Å². The van der Waals surface area contributed by atoms with Gasteiger partial charge in [0.25, 0.3) is 0 Å². The van der Waals surface area contributed by atoms with Gasteiger partial charge in [-0.05, 0) is 27.2 Å². The summed E-state index contributed by atoms with van der Waals surface area (Å²) >= 11 is 0. The van der Waals surface area contributed by atoms with Crippen LogP contribution in [0.5, 0.6) is 0 Å². The molecule has 2 saturated heterocycles. The van der Waals surface area contributed by atoms with Crippen molar-refractivity contribution in [2.45, 2.75) is 72.4 Å². The minimum Gasteiger partial charge on any atom is -0.462 e. The van der Waals surface area contributed by atoms with E-state index in [0.29, 0.717) is 0 Å². The Balaban J connectivity index is 0.000000231. The SMILES string of the molecule is CC[C@H]1OC(=O)[C@H](C)[C@@H](O)[C@H]1C.C[C@@H]1[C@H](O)[C@@H](C)C(=O)O[C@@H]1C. The Morgan fingerprint density at radius 2 is 1.26 bits per heavy atom. The van der Waals surface area contributed by atoms with E-state index >= 15 is 0 Å². The van der Waals surface area contributed by atoms with Crippen molar-refractivity contribution >= 4 is 11.9 Å². The third-order valence-corrected chi connectivity index (χ3v) is 5.14. The number of aliphatic hydroxyl groups is 2. The highest BCUT2D eigenvalue weighted by Crippen LogP contribution is 2.27. The van der Waals surface area contributed by atoms with Gasteiger partial charge in [-0.2, -0.15) is 0 Å². The maximum absolute atomic E-state index is 11.1. The van der Waals surface area contributed by atoms with Crippen molar-refractivity contribution in [2.75, 3.05) is 0 Å². The number of carbonyl (C=O) groups excluding carboxylic acids is 2. The first kappa shape index (κ1) is 19.9. The molecule has 0 aromatic carbocycles. The van der Waals surface area contributed by atoms with Gasteiger partial charge >= 0.3 is 11.9 Å². The molecule has 8 atom stereocenters. The lowest BCUT2D eigenvalue weighted by molar-refractivity contribution is -0.177. The largest absolute Gasteiger partial charge is 0.462 e. The van der Waals surface area contributed by atoms with Crippen LogP contribution in [0.1, 0.15) is 48.0 Å². The van der Waals surface area contributed by atoms with E-state index < -0.39 is 12.2 Å². The Bertz CT molecular complexity index is 421. The Labute approximate surface area is 138 Å². The molecule has 2 aliphatic heterocycles. The number of esters is 2. The summed E-state index contributed by atoms with van der Waals surface area (Å²) in [5, 5.41) is 19.1. The topological polar surface area (TPSA) is 93.1 Å². The second kappa shape index (κ2) is 8.11. The third-order valence-electron chi connectivity index (χ3n) is 5.14. The smallest absolute Gasteiger partial charge is 0.311 e. The van der Waals surface area contributed by atoms with E-state index in [1.54, 1.807) is 20.8 Å². The van der Waals surface area contributed by atoms with Crippen LogP contribution in [-0.4, -0.2) is 46.6 Å². The van der Waals surface area contributed by atoms with Crippen molar-refractivity contribution in [3.8, 4) is 0 Å². The van der Waals surface area contributed by atoms with Crippen LogP contribution >= 0.6 is 0 Å². The van der Waals surface area contributed by atoms with Crippen molar-refractivity contribution < 1.29 is 29.3 Å². The van der Waals surface area contributed by atoms with Crippen molar-refractivity contribution in [2.24, 2.45) is 23.7 Å². The Morgan fingerprint density at radius 1 is 0.826 bits per heavy atom. The summed E-state index contributed by atoms with van der Waals surface area (Å²) in [4.78, 5) is 22.1. The second-order valence-electron chi connectivity index (χ2n) is 6.80. The zero-order chi connectivity index (χ0) is 17.9. The molecule has 6 nitrogen and oxygen atoms in total. The Hall–Kier alpha value is -1.14. The van der Waals surface area contributed by atoms with Crippen LogP contribution in [0.3, 0.4) is 0 Å². The maximum atomic E-state index is 11.1. The van der Waals surface area contributed by atoms with Gasteiger partial charge < -0.3 is 19.7 Å². The van der Waals surface area contributed by atoms with Gasteiger partial charge in [-0.25, -0.2) is 0 Å². The molecule has 0 unspecified atom stereocenters. The van der Waals surface area contributed by atoms with Crippen molar-refractivity contribution in [1.29, 1.82) is 0 Å². The third kappa shape index (κ3) is 4.44. The molecule has 23 heavy (non-hydrogen) atoms. The highest BCUT2D eigenvalue weighted by atomic mass is 16.6. The van der Waals surface area contributed by atoms with E-state index in [4.69, 9.17) is 9.47 Å². The van der Waals surface area contributed by atoms with E-state index in [9.17, 15) is 19.8 Å². The average Bonchev–Trinajstić information content (AvgIpc) is 2.53. The first-order valence-electron chi connectivity index (χ1n) is 8.38. The van der Waals surface area contributed by atoms with Crippen molar-refractivity contribution in [1.82, 2.24) is 0 Å². The number of cyclic esters (lactones) is 2. The lowest BCUT2D eigenvalue weighted by Gasteiger charge is -2.35. The summed E-state index contributed by atoms with van der Waals surface area (Å²) in [6.45, 7) is 11.0. The van der Waals surface area contributed by atoms with Gasteiger partial charge in [0.1, 0.15) is 12.2 Å². The number of hydrogen-bond donors (Lipinski definition) is 2. The molecule has 0 aliphatic carbocycles. The highest BCUT2D eigenvalue weighted by molar-refractivity contribution is 5.74. The van der Waals surface area contributed by atoms with Gasteiger partial charge in [-0.1, -0.05) is 20.8 Å². The summed E-state index contributed by atoms with van der Waals surface area (Å²) in [5.74, 6) is -1.20. The van der Waals surface area contributed by atoms with E-state index in [1.807, 2.05) is 20.8 Å². The van der Waals surface area contributed by atoms with Crippen LogP contribution in [0.15, 0.2) is 0 Å². The first-order chi connectivity index (χ1) is 10.6.